The molecule has 1 N–H and O–H groups in total. The van der Waals surface area contributed by atoms with E-state index in [-0.39, 0.29) is 5.69 Å². The molecule has 0 saturated carbocycles. The van der Waals surface area contributed by atoms with Crippen LogP contribution in [-0.2, 0) is 0 Å². The second-order valence-electron chi connectivity index (χ2n) is 4.04. The highest BCUT2D eigenvalue weighted by atomic mass is 16.6. The molecule has 1 amide bonds. The molecule has 7 heteroatoms. The predicted molar refractivity (Wildman–Crippen MR) is 76.5 cm³/mol. The molecule has 108 valence electrons. The Balaban J connectivity index is 2.16. The van der Waals surface area contributed by atoms with Crippen LogP contribution in [0.3, 0.4) is 0 Å². The molecule has 0 aliphatic carbocycles. The number of carbonyl (C=O) groups is 1. The van der Waals surface area contributed by atoms with Crippen molar-refractivity contribution in [1.29, 1.82) is 0 Å². The van der Waals surface area contributed by atoms with Gasteiger partial charge in [0.25, 0.3) is 11.6 Å². The van der Waals surface area contributed by atoms with E-state index >= 15 is 0 Å². The van der Waals surface area contributed by atoms with Crippen molar-refractivity contribution in [3.8, 4) is 5.75 Å². The standard InChI is InChI=1S/C14H13N3O4/c1-2-21-12-4-3-9-15-13(12)16-14(18)10-5-7-11(8-6-10)17(19)20/h3-9H,2H2,1H3,(H,15,16,18). The second-order valence-corrected chi connectivity index (χ2v) is 4.04. The first-order valence-corrected chi connectivity index (χ1v) is 6.25. The van der Waals surface area contributed by atoms with Crippen molar-refractivity contribution in [2.45, 2.75) is 6.92 Å². The monoisotopic (exact) mass is 287 g/mol. The van der Waals surface area contributed by atoms with Crippen LogP contribution in [0.4, 0.5) is 11.5 Å². The van der Waals surface area contributed by atoms with E-state index in [4.69, 9.17) is 4.74 Å². The molecule has 0 radical (unpaired) electrons. The van der Waals surface area contributed by atoms with E-state index in [2.05, 4.69) is 10.3 Å². The molecule has 2 aromatic rings. The number of nitro groups is 1. The van der Waals surface area contributed by atoms with E-state index in [0.717, 1.165) is 0 Å². The summed E-state index contributed by atoms with van der Waals surface area (Å²) in [5.74, 6) is 0.363. The number of nitrogens with zero attached hydrogens (tertiary/aromatic N) is 2. The van der Waals surface area contributed by atoms with Gasteiger partial charge in [-0.2, -0.15) is 0 Å². The summed E-state index contributed by atoms with van der Waals surface area (Å²) in [6, 6.07) is 8.72. The van der Waals surface area contributed by atoms with E-state index in [0.29, 0.717) is 23.7 Å². The number of benzene rings is 1. The van der Waals surface area contributed by atoms with Crippen molar-refractivity contribution in [1.82, 2.24) is 4.98 Å². The molecule has 0 bridgehead atoms. The minimum absolute atomic E-state index is 0.0700. The second kappa shape index (κ2) is 6.47. The number of pyridine rings is 1. The molecule has 2 rings (SSSR count). The molecule has 0 fully saturated rings. The van der Waals surface area contributed by atoms with E-state index in [1.54, 1.807) is 12.1 Å². The van der Waals surface area contributed by atoms with Crippen molar-refractivity contribution >= 4 is 17.4 Å². The van der Waals surface area contributed by atoms with Gasteiger partial charge in [-0.15, -0.1) is 0 Å². The van der Waals surface area contributed by atoms with Gasteiger partial charge >= 0.3 is 0 Å². The van der Waals surface area contributed by atoms with E-state index in [1.165, 1.54) is 30.5 Å². The normalized spacial score (nSPS) is 9.95. The van der Waals surface area contributed by atoms with Crippen molar-refractivity contribution in [3.05, 3.63) is 58.3 Å². The van der Waals surface area contributed by atoms with Crippen LogP contribution in [0, 0.1) is 10.1 Å². The first kappa shape index (κ1) is 14.4. The fourth-order valence-electron chi connectivity index (χ4n) is 1.67. The van der Waals surface area contributed by atoms with E-state index in [1.807, 2.05) is 6.92 Å². The molecule has 21 heavy (non-hydrogen) atoms. The molecule has 7 nitrogen and oxygen atoms in total. The quantitative estimate of drug-likeness (QED) is 0.673. The highest BCUT2D eigenvalue weighted by Gasteiger charge is 2.12. The summed E-state index contributed by atoms with van der Waals surface area (Å²) >= 11 is 0. The number of carbonyl (C=O) groups excluding carboxylic acids is 1. The zero-order chi connectivity index (χ0) is 15.2. The summed E-state index contributed by atoms with van der Waals surface area (Å²) < 4.78 is 5.36. The Labute approximate surface area is 120 Å². The molecule has 0 saturated heterocycles. The smallest absolute Gasteiger partial charge is 0.269 e. The molecule has 1 aromatic carbocycles. The van der Waals surface area contributed by atoms with Gasteiger partial charge in [0.05, 0.1) is 11.5 Å². The van der Waals surface area contributed by atoms with E-state index < -0.39 is 10.8 Å². The average molecular weight is 287 g/mol. The van der Waals surface area contributed by atoms with Crippen molar-refractivity contribution < 1.29 is 14.5 Å². The summed E-state index contributed by atoms with van der Waals surface area (Å²) in [6.45, 7) is 2.28. The number of ether oxygens (including phenoxy) is 1. The van der Waals surface area contributed by atoms with Crippen LogP contribution in [0.25, 0.3) is 0 Å². The van der Waals surface area contributed by atoms with Gasteiger partial charge in [-0.05, 0) is 31.2 Å². The van der Waals surface area contributed by atoms with Gasteiger partial charge in [-0.25, -0.2) is 4.98 Å². The lowest BCUT2D eigenvalue weighted by atomic mass is 10.2. The van der Waals surface area contributed by atoms with Gasteiger partial charge in [-0.1, -0.05) is 0 Å². The molecule has 0 unspecified atom stereocenters. The Bertz CT molecular complexity index is 656. The number of aromatic nitrogens is 1. The topological polar surface area (TPSA) is 94.4 Å². The fraction of sp³-hybridized carbons (Fsp3) is 0.143. The first-order valence-electron chi connectivity index (χ1n) is 6.25. The molecule has 1 heterocycles. The average Bonchev–Trinajstić information content (AvgIpc) is 2.49. The number of hydrogen-bond acceptors (Lipinski definition) is 5. The number of amides is 1. The lowest BCUT2D eigenvalue weighted by Gasteiger charge is -2.09. The third kappa shape index (κ3) is 3.53. The SMILES string of the molecule is CCOc1cccnc1NC(=O)c1ccc([N+](=O)[O-])cc1. The van der Waals surface area contributed by atoms with E-state index in [9.17, 15) is 14.9 Å². The number of nitro benzene ring substituents is 1. The molecular weight excluding hydrogens is 274 g/mol. The minimum Gasteiger partial charge on any atom is -0.490 e. The summed E-state index contributed by atoms with van der Waals surface area (Å²) in [4.78, 5) is 26.2. The van der Waals surface area contributed by atoms with Gasteiger partial charge in [0.2, 0.25) is 0 Å². The predicted octanol–water partition coefficient (Wildman–Crippen LogP) is 2.64. The third-order valence-electron chi connectivity index (χ3n) is 2.64. The summed E-state index contributed by atoms with van der Waals surface area (Å²) in [6.07, 6.45) is 1.54. The Kier molecular flexibility index (Phi) is 4.45. The Hall–Kier alpha value is -2.96. The molecule has 0 aliphatic heterocycles. The summed E-state index contributed by atoms with van der Waals surface area (Å²) in [5, 5.41) is 13.2. The van der Waals surface area contributed by atoms with Gasteiger partial charge in [0.15, 0.2) is 11.6 Å². The molecule has 0 aliphatic rings. The van der Waals surface area contributed by atoms with Crippen LogP contribution < -0.4 is 10.1 Å². The summed E-state index contributed by atoms with van der Waals surface area (Å²) in [5.41, 5.74) is 0.230. The zero-order valence-corrected chi connectivity index (χ0v) is 11.3. The van der Waals surface area contributed by atoms with Crippen LogP contribution in [0.1, 0.15) is 17.3 Å². The molecule has 0 spiro atoms. The minimum atomic E-state index is -0.520. The maximum absolute atomic E-state index is 12.1. The van der Waals surface area contributed by atoms with Gasteiger partial charge in [0.1, 0.15) is 0 Å². The number of non-ortho nitro benzene ring substituents is 1. The number of hydrogen-bond donors (Lipinski definition) is 1. The van der Waals surface area contributed by atoms with Crippen LogP contribution in [0.2, 0.25) is 0 Å². The zero-order valence-electron chi connectivity index (χ0n) is 11.3. The first-order chi connectivity index (χ1) is 10.1. The van der Waals surface area contributed by atoms with Gasteiger partial charge < -0.3 is 10.1 Å². The molecule has 0 atom stereocenters. The van der Waals surface area contributed by atoms with Crippen molar-refractivity contribution in [2.24, 2.45) is 0 Å². The van der Waals surface area contributed by atoms with Gasteiger partial charge in [0, 0.05) is 23.9 Å². The van der Waals surface area contributed by atoms with Crippen LogP contribution >= 0.6 is 0 Å². The number of anilines is 1. The Morgan fingerprint density at radius 1 is 1.33 bits per heavy atom. The van der Waals surface area contributed by atoms with Gasteiger partial charge in [-0.3, -0.25) is 14.9 Å². The highest BCUT2D eigenvalue weighted by molar-refractivity contribution is 6.04. The highest BCUT2D eigenvalue weighted by Crippen LogP contribution is 2.21. The maximum atomic E-state index is 12.1. The number of nitrogens with one attached hydrogen (secondary N) is 1. The van der Waals surface area contributed by atoms with Crippen molar-refractivity contribution in [3.63, 3.8) is 0 Å². The maximum Gasteiger partial charge on any atom is 0.269 e. The number of rotatable bonds is 5. The lowest BCUT2D eigenvalue weighted by molar-refractivity contribution is -0.384. The summed E-state index contributed by atoms with van der Waals surface area (Å²) in [7, 11) is 0. The van der Waals surface area contributed by atoms with Crippen LogP contribution in [0.15, 0.2) is 42.6 Å². The molecule has 1 aromatic heterocycles. The fourth-order valence-corrected chi connectivity index (χ4v) is 1.67. The van der Waals surface area contributed by atoms with Crippen LogP contribution in [-0.4, -0.2) is 22.4 Å². The van der Waals surface area contributed by atoms with Crippen molar-refractivity contribution in [2.75, 3.05) is 11.9 Å². The lowest BCUT2D eigenvalue weighted by Crippen LogP contribution is -2.14. The Morgan fingerprint density at radius 2 is 2.05 bits per heavy atom. The molecular formula is C14H13N3O4. The Morgan fingerprint density at radius 3 is 2.67 bits per heavy atom. The third-order valence-corrected chi connectivity index (χ3v) is 2.64. The largest absolute Gasteiger partial charge is 0.490 e. The van der Waals surface area contributed by atoms with Crippen LogP contribution in [0.5, 0.6) is 5.75 Å².